The monoisotopic (exact) mass is 533 g/mol. The van der Waals surface area contributed by atoms with Crippen LogP contribution in [0.15, 0.2) is 28.2 Å². The van der Waals surface area contributed by atoms with Crippen LogP contribution in [0.4, 0.5) is 11.8 Å². The number of fused-ring (bicyclic) bond motifs is 1. The van der Waals surface area contributed by atoms with E-state index < -0.39 is 0 Å². The number of rotatable bonds is 1. The number of anilines is 2. The minimum atomic E-state index is -0.324. The first-order valence-corrected chi connectivity index (χ1v) is 6.42. The van der Waals surface area contributed by atoms with Gasteiger partial charge in [-0.2, -0.15) is 9.97 Å². The van der Waals surface area contributed by atoms with Crippen LogP contribution >= 0.6 is 0 Å². The van der Waals surface area contributed by atoms with Gasteiger partial charge in [-0.05, 0) is 13.0 Å². The predicted molar refractivity (Wildman–Crippen MR) is 92.2 cm³/mol. The van der Waals surface area contributed by atoms with Crippen LogP contribution in [0.5, 0.6) is 0 Å². The molecule has 12 nitrogen and oxygen atoms in total. The molecule has 3 heterocycles. The van der Waals surface area contributed by atoms with Gasteiger partial charge < -0.3 is 32.9 Å². The van der Waals surface area contributed by atoms with Gasteiger partial charge in [0.15, 0.2) is 11.2 Å². The van der Waals surface area contributed by atoms with Crippen LogP contribution in [0.2, 0.25) is 0 Å². The SMILES string of the molecule is CCn1cnc2c(=O)[nH]c(N)nc21.Cn1ccc(N)nc1=O.N.N.[Pt+4]. The zero-order chi connectivity index (χ0) is 16.3. The fourth-order valence-corrected chi connectivity index (χ4v) is 1.68. The Balaban J connectivity index is 0. The summed E-state index contributed by atoms with van der Waals surface area (Å²) in [5, 5.41) is 0. The van der Waals surface area contributed by atoms with E-state index in [4.69, 9.17) is 11.5 Å². The first-order valence-electron chi connectivity index (χ1n) is 6.42. The number of nitrogens with two attached hydrogens (primary N) is 2. The van der Waals surface area contributed by atoms with Crippen LogP contribution in [0.3, 0.4) is 0 Å². The average Bonchev–Trinajstić information content (AvgIpc) is 2.87. The van der Waals surface area contributed by atoms with Crippen molar-refractivity contribution >= 4 is 22.9 Å². The Hall–Kier alpha value is -2.56. The zero-order valence-corrected chi connectivity index (χ0v) is 16.1. The van der Waals surface area contributed by atoms with Gasteiger partial charge in [-0.25, -0.2) is 9.78 Å². The molecule has 0 amide bonds. The third-order valence-electron chi connectivity index (χ3n) is 2.83. The average molecular weight is 533 g/mol. The predicted octanol–water partition coefficient (Wildman–Crippen LogP) is -0.594. The summed E-state index contributed by atoms with van der Waals surface area (Å²) in [6, 6.07) is 1.57. The fraction of sp³-hybridized carbons (Fsp3) is 0.250. The van der Waals surface area contributed by atoms with Crippen molar-refractivity contribution in [1.29, 1.82) is 0 Å². The van der Waals surface area contributed by atoms with E-state index in [1.54, 1.807) is 30.2 Å². The second kappa shape index (κ2) is 10.3. The van der Waals surface area contributed by atoms with E-state index in [0.717, 1.165) is 0 Å². The molecule has 0 fully saturated rings. The van der Waals surface area contributed by atoms with Crippen molar-refractivity contribution in [1.82, 2.24) is 41.4 Å². The van der Waals surface area contributed by atoms with Gasteiger partial charge in [0, 0.05) is 19.8 Å². The number of aromatic nitrogens is 6. The van der Waals surface area contributed by atoms with Crippen LogP contribution in [-0.2, 0) is 34.7 Å². The molecule has 0 spiro atoms. The van der Waals surface area contributed by atoms with Gasteiger partial charge in [0.05, 0.1) is 6.33 Å². The number of H-pyrrole nitrogens is 1. The number of nitrogens with zero attached hydrogens (tertiary/aromatic N) is 5. The zero-order valence-electron chi connectivity index (χ0n) is 13.9. The van der Waals surface area contributed by atoms with Gasteiger partial charge in [0.2, 0.25) is 5.95 Å². The van der Waals surface area contributed by atoms with Crippen LogP contribution in [0.1, 0.15) is 6.92 Å². The standard InChI is InChI=1S/C7H9N5O.C5H7N3O.2H3N.Pt/c1-2-12-3-9-4-5(12)10-7(8)11-6(4)13;1-8-3-2-4(6)7-5(8)9;;;/h3H,2H2,1H3,(H3,8,10,11,13);2-3H,1H3,(H2,6,7,9);2*1H3;/q;;;;+4. The van der Waals surface area contributed by atoms with E-state index in [9.17, 15) is 9.59 Å². The Morgan fingerprint density at radius 1 is 1.20 bits per heavy atom. The smallest absolute Gasteiger partial charge is 0.383 e. The molecule has 0 unspecified atom stereocenters. The number of aryl methyl sites for hydroxylation is 2. The van der Waals surface area contributed by atoms with Gasteiger partial charge in [-0.3, -0.25) is 9.78 Å². The molecule has 0 atom stereocenters. The Bertz CT molecular complexity index is 916. The van der Waals surface area contributed by atoms with E-state index in [-0.39, 0.29) is 56.4 Å². The summed E-state index contributed by atoms with van der Waals surface area (Å²) in [6.07, 6.45) is 3.15. The molecule has 3 aromatic rings. The van der Waals surface area contributed by atoms with E-state index in [1.165, 1.54) is 4.57 Å². The molecular weight excluding hydrogens is 511 g/mol. The van der Waals surface area contributed by atoms with E-state index in [1.807, 2.05) is 6.92 Å². The molecular formula is C12H22N10O2Pt+4. The Kier molecular flexibility index (Phi) is 10.2. The van der Waals surface area contributed by atoms with Crippen molar-refractivity contribution < 1.29 is 21.1 Å². The molecule has 11 N–H and O–H groups in total. The van der Waals surface area contributed by atoms with E-state index >= 15 is 0 Å². The summed E-state index contributed by atoms with van der Waals surface area (Å²) in [5.74, 6) is 0.380. The Morgan fingerprint density at radius 2 is 1.84 bits per heavy atom. The first kappa shape index (κ1) is 24.7. The minimum Gasteiger partial charge on any atom is -0.383 e. The maximum absolute atomic E-state index is 11.3. The van der Waals surface area contributed by atoms with Crippen molar-refractivity contribution in [3.8, 4) is 0 Å². The van der Waals surface area contributed by atoms with Gasteiger partial charge in [0.25, 0.3) is 5.56 Å². The molecule has 0 aliphatic carbocycles. The molecule has 0 bridgehead atoms. The summed E-state index contributed by atoms with van der Waals surface area (Å²) in [6.45, 7) is 2.66. The summed E-state index contributed by atoms with van der Waals surface area (Å²) in [4.78, 5) is 35.7. The summed E-state index contributed by atoms with van der Waals surface area (Å²) < 4.78 is 3.12. The molecule has 13 heteroatoms. The largest absolute Gasteiger partial charge is 4.00 e. The molecule has 3 aromatic heterocycles. The Labute approximate surface area is 157 Å². The molecule has 3 rings (SSSR count). The summed E-state index contributed by atoms with van der Waals surface area (Å²) in [7, 11) is 1.62. The molecule has 0 saturated carbocycles. The third kappa shape index (κ3) is 5.78. The fourth-order valence-electron chi connectivity index (χ4n) is 1.68. The molecule has 0 radical (unpaired) electrons. The maximum Gasteiger partial charge on any atom is 4.00 e. The summed E-state index contributed by atoms with van der Waals surface area (Å²) in [5.41, 5.74) is 10.8. The molecule has 0 aromatic carbocycles. The van der Waals surface area contributed by atoms with Gasteiger partial charge in [-0.1, -0.05) is 0 Å². The molecule has 0 saturated heterocycles. The van der Waals surface area contributed by atoms with Crippen LogP contribution in [0, 0.1) is 0 Å². The second-order valence-electron chi connectivity index (χ2n) is 4.40. The number of imidazole rings is 1. The second-order valence-corrected chi connectivity index (χ2v) is 4.40. The quantitative estimate of drug-likeness (QED) is 0.269. The third-order valence-corrected chi connectivity index (χ3v) is 2.83. The van der Waals surface area contributed by atoms with Crippen LogP contribution in [0.25, 0.3) is 11.2 Å². The Morgan fingerprint density at radius 3 is 2.36 bits per heavy atom. The topological polar surface area (TPSA) is 220 Å². The van der Waals surface area contributed by atoms with Crippen molar-refractivity contribution in [2.24, 2.45) is 7.05 Å². The van der Waals surface area contributed by atoms with E-state index in [2.05, 4.69) is 19.9 Å². The normalized spacial score (nSPS) is 9.04. The number of aromatic amines is 1. The van der Waals surface area contributed by atoms with Crippen molar-refractivity contribution in [2.45, 2.75) is 13.5 Å². The summed E-state index contributed by atoms with van der Waals surface area (Å²) >= 11 is 0. The maximum atomic E-state index is 11.3. The number of hydrogen-bond acceptors (Lipinski definition) is 9. The molecule has 138 valence electrons. The van der Waals surface area contributed by atoms with Crippen LogP contribution in [-0.4, -0.2) is 29.1 Å². The van der Waals surface area contributed by atoms with Gasteiger partial charge >= 0.3 is 26.8 Å². The van der Waals surface area contributed by atoms with E-state index in [0.29, 0.717) is 17.7 Å². The van der Waals surface area contributed by atoms with Gasteiger partial charge in [-0.15, -0.1) is 0 Å². The molecule has 0 aliphatic heterocycles. The van der Waals surface area contributed by atoms with Crippen molar-refractivity contribution in [2.75, 3.05) is 11.5 Å². The number of nitrogens with one attached hydrogen (secondary N) is 1. The number of nitrogen functional groups attached to an aromatic ring is 2. The van der Waals surface area contributed by atoms with Crippen LogP contribution < -0.4 is 35.0 Å². The van der Waals surface area contributed by atoms with Crippen molar-refractivity contribution in [3.05, 3.63) is 39.4 Å². The first-order chi connectivity index (χ1) is 10.4. The van der Waals surface area contributed by atoms with Crippen molar-refractivity contribution in [3.63, 3.8) is 0 Å². The molecule has 0 aliphatic rings. The minimum absolute atomic E-state index is 0. The number of hydrogen-bond donors (Lipinski definition) is 5. The molecule has 25 heavy (non-hydrogen) atoms. The van der Waals surface area contributed by atoms with Gasteiger partial charge in [0.1, 0.15) is 5.82 Å².